The highest BCUT2D eigenvalue weighted by molar-refractivity contribution is 7.89. The van der Waals surface area contributed by atoms with Crippen LogP contribution in [0.25, 0.3) is 0 Å². The van der Waals surface area contributed by atoms with Gasteiger partial charge in [-0.25, -0.2) is 8.42 Å². The average Bonchev–Trinajstić information content (AvgIpc) is 2.48. The highest BCUT2D eigenvalue weighted by Crippen LogP contribution is 2.34. The van der Waals surface area contributed by atoms with Gasteiger partial charge < -0.3 is 5.32 Å². The van der Waals surface area contributed by atoms with Gasteiger partial charge in [0.25, 0.3) is 5.69 Å². The molecular weight excluding hydrogens is 330 g/mol. The third kappa shape index (κ3) is 3.24. The zero-order valence-electron chi connectivity index (χ0n) is 12.4. The highest BCUT2D eigenvalue weighted by atomic mass is 35.5. The molecule has 1 aromatic rings. The molecule has 1 heterocycles. The molecule has 0 aromatic heterocycles. The Labute approximate surface area is 134 Å². The van der Waals surface area contributed by atoms with Crippen LogP contribution in [0.2, 0.25) is 5.02 Å². The van der Waals surface area contributed by atoms with Gasteiger partial charge in [0.2, 0.25) is 10.0 Å². The number of piperidine rings is 1. The summed E-state index contributed by atoms with van der Waals surface area (Å²) < 4.78 is 26.8. The van der Waals surface area contributed by atoms with Gasteiger partial charge in [0.15, 0.2) is 0 Å². The van der Waals surface area contributed by atoms with Crippen LogP contribution >= 0.6 is 11.6 Å². The maximum Gasteiger partial charge on any atom is 0.289 e. The third-order valence-electron chi connectivity index (χ3n) is 3.84. The van der Waals surface area contributed by atoms with E-state index in [-0.39, 0.29) is 21.6 Å². The van der Waals surface area contributed by atoms with E-state index >= 15 is 0 Å². The van der Waals surface area contributed by atoms with Crippen LogP contribution in [0, 0.1) is 17.0 Å². The quantitative estimate of drug-likeness (QED) is 0.663. The van der Waals surface area contributed by atoms with E-state index in [0.717, 1.165) is 0 Å². The maximum atomic E-state index is 12.7. The van der Waals surface area contributed by atoms with Crippen molar-refractivity contribution in [2.45, 2.75) is 30.7 Å². The molecule has 1 saturated heterocycles. The number of halogens is 1. The van der Waals surface area contributed by atoms with Gasteiger partial charge in [0, 0.05) is 25.2 Å². The minimum Gasteiger partial charge on any atom is -0.317 e. The van der Waals surface area contributed by atoms with Crippen molar-refractivity contribution in [2.75, 3.05) is 20.1 Å². The molecule has 7 nitrogen and oxygen atoms in total. The van der Waals surface area contributed by atoms with Crippen LogP contribution in [0.4, 0.5) is 5.69 Å². The molecule has 0 bridgehead atoms. The molecule has 1 aliphatic heterocycles. The summed E-state index contributed by atoms with van der Waals surface area (Å²) in [4.78, 5) is 10.2. The molecule has 0 amide bonds. The standard InChI is InChI=1S/C13H18ClN3O4S/c1-9-7-11(17(18)19)13(14)12(8-9)22(20,21)16-5-3-10(15-2)4-6-16/h7-8,10,15H,3-6H2,1-2H3. The molecule has 0 unspecified atom stereocenters. The van der Waals surface area contributed by atoms with Crippen molar-refractivity contribution >= 4 is 27.3 Å². The molecular formula is C13H18ClN3O4S. The van der Waals surface area contributed by atoms with Gasteiger partial charge in [-0.05, 0) is 38.4 Å². The lowest BCUT2D eigenvalue weighted by molar-refractivity contribution is -0.385. The smallest absolute Gasteiger partial charge is 0.289 e. The van der Waals surface area contributed by atoms with Gasteiger partial charge in [-0.2, -0.15) is 4.31 Å². The van der Waals surface area contributed by atoms with E-state index in [1.807, 2.05) is 7.05 Å². The lowest BCUT2D eigenvalue weighted by Crippen LogP contribution is -2.43. The fourth-order valence-electron chi connectivity index (χ4n) is 2.56. The molecule has 22 heavy (non-hydrogen) atoms. The second kappa shape index (κ2) is 6.49. The Kier molecular flexibility index (Phi) is 5.06. The van der Waals surface area contributed by atoms with Crippen LogP contribution in [0.1, 0.15) is 18.4 Å². The molecule has 1 aromatic carbocycles. The minimum atomic E-state index is -3.83. The number of nitro groups is 1. The molecule has 0 radical (unpaired) electrons. The van der Waals surface area contributed by atoms with Crippen LogP contribution in [-0.2, 0) is 10.0 Å². The van der Waals surface area contributed by atoms with Crippen molar-refractivity contribution in [3.8, 4) is 0 Å². The molecule has 122 valence electrons. The van der Waals surface area contributed by atoms with Crippen LogP contribution in [0.3, 0.4) is 0 Å². The lowest BCUT2D eigenvalue weighted by atomic mass is 10.1. The first-order valence-corrected chi connectivity index (χ1v) is 8.71. The van der Waals surface area contributed by atoms with Crippen LogP contribution < -0.4 is 5.32 Å². The van der Waals surface area contributed by atoms with Crippen molar-refractivity contribution in [2.24, 2.45) is 0 Å². The summed E-state index contributed by atoms with van der Waals surface area (Å²) in [6.07, 6.45) is 1.39. The average molecular weight is 348 g/mol. The number of hydrogen-bond acceptors (Lipinski definition) is 5. The molecule has 1 aliphatic rings. The summed E-state index contributed by atoms with van der Waals surface area (Å²) in [6, 6.07) is 2.94. The Morgan fingerprint density at radius 1 is 1.36 bits per heavy atom. The van der Waals surface area contributed by atoms with Crippen molar-refractivity contribution in [1.82, 2.24) is 9.62 Å². The largest absolute Gasteiger partial charge is 0.317 e. The topological polar surface area (TPSA) is 92.6 Å². The van der Waals surface area contributed by atoms with Crippen molar-refractivity contribution < 1.29 is 13.3 Å². The predicted octanol–water partition coefficient (Wildman–Crippen LogP) is 1.93. The number of nitrogens with zero attached hydrogens (tertiary/aromatic N) is 2. The second-order valence-corrected chi connectivity index (χ2v) is 7.60. The molecule has 0 saturated carbocycles. The summed E-state index contributed by atoms with van der Waals surface area (Å²) in [5.41, 5.74) is 0.102. The summed E-state index contributed by atoms with van der Waals surface area (Å²) in [7, 11) is -1.99. The highest BCUT2D eigenvalue weighted by Gasteiger charge is 2.33. The minimum absolute atomic E-state index is 0.191. The van der Waals surface area contributed by atoms with Crippen LogP contribution in [-0.4, -0.2) is 43.8 Å². The molecule has 1 fully saturated rings. The third-order valence-corrected chi connectivity index (χ3v) is 6.27. The van der Waals surface area contributed by atoms with Gasteiger partial charge in [-0.1, -0.05) is 11.6 Å². The van der Waals surface area contributed by atoms with E-state index in [9.17, 15) is 18.5 Å². The number of nitro benzene ring substituents is 1. The molecule has 1 N–H and O–H groups in total. The van der Waals surface area contributed by atoms with Gasteiger partial charge >= 0.3 is 0 Å². The molecule has 0 aliphatic carbocycles. The van der Waals surface area contributed by atoms with Crippen LogP contribution in [0.15, 0.2) is 17.0 Å². The zero-order valence-corrected chi connectivity index (χ0v) is 13.9. The first-order chi connectivity index (χ1) is 10.3. The monoisotopic (exact) mass is 347 g/mol. The van der Waals surface area contributed by atoms with E-state index in [2.05, 4.69) is 5.32 Å². The summed E-state index contributed by atoms with van der Waals surface area (Å²) in [5.74, 6) is 0. The molecule has 0 spiro atoms. The molecule has 2 rings (SSSR count). The fraction of sp³-hybridized carbons (Fsp3) is 0.538. The number of nitrogens with one attached hydrogen (secondary N) is 1. The van der Waals surface area contributed by atoms with Crippen LogP contribution in [0.5, 0.6) is 0 Å². The maximum absolute atomic E-state index is 12.7. The summed E-state index contributed by atoms with van der Waals surface area (Å²) >= 11 is 5.98. The lowest BCUT2D eigenvalue weighted by Gasteiger charge is -2.31. The van der Waals surface area contributed by atoms with Gasteiger partial charge in [-0.15, -0.1) is 0 Å². The van der Waals surface area contributed by atoms with E-state index in [1.165, 1.54) is 16.4 Å². The SMILES string of the molecule is CNC1CCN(S(=O)(=O)c2cc(C)cc([N+](=O)[O-])c2Cl)CC1. The Morgan fingerprint density at radius 2 is 1.95 bits per heavy atom. The van der Waals surface area contributed by atoms with Crippen molar-refractivity contribution in [1.29, 1.82) is 0 Å². The molecule has 0 atom stereocenters. The van der Waals surface area contributed by atoms with E-state index in [4.69, 9.17) is 11.6 Å². The van der Waals surface area contributed by atoms with Gasteiger partial charge in [0.1, 0.15) is 9.92 Å². The van der Waals surface area contributed by atoms with E-state index in [1.54, 1.807) is 6.92 Å². The number of benzene rings is 1. The summed E-state index contributed by atoms with van der Waals surface area (Å²) in [6.45, 7) is 2.34. The Hall–Kier alpha value is -1.22. The fourth-order valence-corrected chi connectivity index (χ4v) is 4.67. The normalized spacial score (nSPS) is 17.6. The Bertz CT molecular complexity index is 685. The van der Waals surface area contributed by atoms with Crippen molar-refractivity contribution in [3.05, 3.63) is 32.8 Å². The first kappa shape index (κ1) is 17.1. The van der Waals surface area contributed by atoms with Gasteiger partial charge in [-0.3, -0.25) is 10.1 Å². The van der Waals surface area contributed by atoms with E-state index < -0.39 is 14.9 Å². The predicted molar refractivity (Wildman–Crippen MR) is 83.7 cm³/mol. The zero-order chi connectivity index (χ0) is 16.5. The Morgan fingerprint density at radius 3 is 2.45 bits per heavy atom. The number of rotatable bonds is 4. The number of sulfonamides is 1. The Balaban J connectivity index is 2.40. The van der Waals surface area contributed by atoms with E-state index in [0.29, 0.717) is 31.5 Å². The molecule has 9 heteroatoms. The van der Waals surface area contributed by atoms with Crippen molar-refractivity contribution in [3.63, 3.8) is 0 Å². The van der Waals surface area contributed by atoms with Gasteiger partial charge in [0.05, 0.1) is 4.92 Å². The summed E-state index contributed by atoms with van der Waals surface area (Å²) in [5, 5.41) is 13.8. The first-order valence-electron chi connectivity index (χ1n) is 6.89. The number of hydrogen-bond donors (Lipinski definition) is 1. The number of aryl methyl sites for hydroxylation is 1. The second-order valence-electron chi connectivity index (χ2n) is 5.32.